The summed E-state index contributed by atoms with van der Waals surface area (Å²) in [5.41, 5.74) is 4.71. The second-order valence-corrected chi connectivity index (χ2v) is 6.08. The number of nitrogens with zero attached hydrogens (tertiary/aromatic N) is 1. The molecule has 5 nitrogen and oxygen atoms in total. The second kappa shape index (κ2) is 5.75. The summed E-state index contributed by atoms with van der Waals surface area (Å²) in [6.07, 6.45) is 0.686. The number of hydrogen-bond donors (Lipinski definition) is 2. The van der Waals surface area contributed by atoms with Gasteiger partial charge < -0.3 is 16.0 Å². The Hall–Kier alpha value is -0.460. The number of carbonyl (C=O) groups excluding carboxylic acids is 1. The molecule has 0 aromatic rings. The van der Waals surface area contributed by atoms with Crippen LogP contribution in [0, 0.1) is 0 Å². The van der Waals surface area contributed by atoms with Gasteiger partial charge in [0.15, 0.2) is 0 Å². The highest BCUT2D eigenvalue weighted by Gasteiger charge is 2.29. The van der Waals surface area contributed by atoms with Crippen LogP contribution in [0.5, 0.6) is 0 Å². The molecular formula is C10H21N3O2S. The molecule has 3 N–H and O–H groups in total. The third-order valence-electron chi connectivity index (χ3n) is 3.29. The lowest BCUT2D eigenvalue weighted by Gasteiger charge is -2.31. The van der Waals surface area contributed by atoms with E-state index in [0.29, 0.717) is 6.42 Å². The van der Waals surface area contributed by atoms with Gasteiger partial charge in [-0.15, -0.1) is 0 Å². The van der Waals surface area contributed by atoms with Crippen molar-refractivity contribution in [1.82, 2.24) is 10.2 Å². The fourth-order valence-corrected chi connectivity index (χ4v) is 2.78. The SMILES string of the molecule is CNC(C)(CCN1CCS(=O)CC1)C(N)=O. The molecule has 1 aliphatic rings. The zero-order valence-corrected chi connectivity index (χ0v) is 10.8. The average Bonchev–Trinajstić information content (AvgIpc) is 2.27. The zero-order valence-electron chi connectivity index (χ0n) is 9.99. The van der Waals surface area contributed by atoms with Crippen LogP contribution in [0.25, 0.3) is 0 Å². The number of primary amides is 1. The number of nitrogens with two attached hydrogens (primary N) is 1. The van der Waals surface area contributed by atoms with Gasteiger partial charge in [0.05, 0.1) is 5.54 Å². The number of likely N-dealkylation sites (N-methyl/N-ethyl adjacent to an activating group) is 1. The average molecular weight is 247 g/mol. The first-order valence-corrected chi connectivity index (χ1v) is 7.03. The Morgan fingerprint density at radius 2 is 2.06 bits per heavy atom. The Bertz CT molecular complexity index is 275. The Morgan fingerprint density at radius 1 is 1.50 bits per heavy atom. The highest BCUT2D eigenvalue weighted by atomic mass is 32.2. The van der Waals surface area contributed by atoms with Gasteiger partial charge in [-0.1, -0.05) is 0 Å². The van der Waals surface area contributed by atoms with Crippen LogP contribution < -0.4 is 11.1 Å². The van der Waals surface area contributed by atoms with E-state index in [-0.39, 0.29) is 5.91 Å². The zero-order chi connectivity index (χ0) is 12.2. The molecule has 0 spiro atoms. The van der Waals surface area contributed by atoms with Gasteiger partial charge >= 0.3 is 0 Å². The maximum absolute atomic E-state index is 11.3. The van der Waals surface area contributed by atoms with Crippen molar-refractivity contribution in [3.8, 4) is 0 Å². The molecule has 94 valence electrons. The molecule has 0 saturated carbocycles. The minimum atomic E-state index is -0.645. The second-order valence-electron chi connectivity index (χ2n) is 4.39. The molecule has 1 unspecified atom stereocenters. The van der Waals surface area contributed by atoms with Crippen LogP contribution in [0.1, 0.15) is 13.3 Å². The fourth-order valence-electron chi connectivity index (χ4n) is 1.65. The summed E-state index contributed by atoms with van der Waals surface area (Å²) in [6.45, 7) is 4.34. The summed E-state index contributed by atoms with van der Waals surface area (Å²) in [5, 5.41) is 2.97. The van der Waals surface area contributed by atoms with E-state index >= 15 is 0 Å². The molecule has 1 amide bonds. The van der Waals surface area contributed by atoms with Gasteiger partial charge in [0, 0.05) is 41.9 Å². The van der Waals surface area contributed by atoms with Gasteiger partial charge in [0.1, 0.15) is 0 Å². The molecule has 0 bridgehead atoms. The van der Waals surface area contributed by atoms with Gasteiger partial charge in [0.25, 0.3) is 0 Å². The van der Waals surface area contributed by atoms with Crippen LogP contribution in [-0.2, 0) is 15.6 Å². The first kappa shape index (κ1) is 13.6. The monoisotopic (exact) mass is 247 g/mol. The van der Waals surface area contributed by atoms with Crippen molar-refractivity contribution in [1.29, 1.82) is 0 Å². The number of amides is 1. The molecule has 1 rings (SSSR count). The predicted molar refractivity (Wildman–Crippen MR) is 65.6 cm³/mol. The number of nitrogens with one attached hydrogen (secondary N) is 1. The van der Waals surface area contributed by atoms with Crippen LogP contribution in [0.2, 0.25) is 0 Å². The smallest absolute Gasteiger partial charge is 0.237 e. The molecule has 1 fully saturated rings. The Morgan fingerprint density at radius 3 is 2.50 bits per heavy atom. The number of carbonyl (C=O) groups is 1. The minimum absolute atomic E-state index is 0.324. The number of rotatable bonds is 5. The molecule has 0 aromatic heterocycles. The summed E-state index contributed by atoms with van der Waals surface area (Å²) in [7, 11) is 1.10. The van der Waals surface area contributed by atoms with Crippen LogP contribution in [0.15, 0.2) is 0 Å². The van der Waals surface area contributed by atoms with E-state index in [0.717, 1.165) is 31.1 Å². The Labute approximate surface area is 99.2 Å². The lowest BCUT2D eigenvalue weighted by atomic mass is 9.97. The molecule has 0 aromatic carbocycles. The van der Waals surface area contributed by atoms with Crippen molar-refractivity contribution < 1.29 is 9.00 Å². The topological polar surface area (TPSA) is 75.4 Å². The summed E-state index contributed by atoms with van der Waals surface area (Å²) in [4.78, 5) is 13.5. The van der Waals surface area contributed by atoms with Gasteiger partial charge in [-0.05, 0) is 20.4 Å². The van der Waals surface area contributed by atoms with Crippen LogP contribution in [0.3, 0.4) is 0 Å². The Balaban J connectivity index is 2.38. The van der Waals surface area contributed by atoms with Crippen LogP contribution in [0.4, 0.5) is 0 Å². The molecule has 0 radical (unpaired) electrons. The van der Waals surface area contributed by atoms with E-state index < -0.39 is 16.3 Å². The molecular weight excluding hydrogens is 226 g/mol. The van der Waals surface area contributed by atoms with E-state index in [1.807, 2.05) is 6.92 Å². The molecule has 1 atom stereocenters. The normalized spacial score (nSPS) is 22.9. The van der Waals surface area contributed by atoms with Crippen molar-refractivity contribution in [2.24, 2.45) is 5.73 Å². The van der Waals surface area contributed by atoms with E-state index in [9.17, 15) is 9.00 Å². The standard InChI is InChI=1S/C10H21N3O2S/c1-10(12-2,9(11)14)3-4-13-5-7-16(15)8-6-13/h12H,3-8H2,1-2H3,(H2,11,14). The molecule has 16 heavy (non-hydrogen) atoms. The van der Waals surface area contributed by atoms with Gasteiger partial charge in [-0.2, -0.15) is 0 Å². The molecule has 6 heteroatoms. The summed E-state index contributed by atoms with van der Waals surface area (Å²) < 4.78 is 11.2. The van der Waals surface area contributed by atoms with Crippen molar-refractivity contribution in [3.05, 3.63) is 0 Å². The van der Waals surface area contributed by atoms with Crippen molar-refractivity contribution >= 4 is 16.7 Å². The van der Waals surface area contributed by atoms with Crippen molar-refractivity contribution in [2.75, 3.05) is 38.2 Å². The van der Waals surface area contributed by atoms with Crippen LogP contribution in [-0.4, -0.2) is 58.7 Å². The quantitative estimate of drug-likeness (QED) is 0.647. The van der Waals surface area contributed by atoms with Crippen molar-refractivity contribution in [3.63, 3.8) is 0 Å². The van der Waals surface area contributed by atoms with Gasteiger partial charge in [-0.3, -0.25) is 9.00 Å². The lowest BCUT2D eigenvalue weighted by molar-refractivity contribution is -0.124. The summed E-state index contributed by atoms with van der Waals surface area (Å²) in [5.74, 6) is 1.16. The predicted octanol–water partition coefficient (Wildman–Crippen LogP) is -1.10. The summed E-state index contributed by atoms with van der Waals surface area (Å²) >= 11 is 0. The maximum atomic E-state index is 11.3. The molecule has 1 aliphatic heterocycles. The fraction of sp³-hybridized carbons (Fsp3) is 0.900. The van der Waals surface area contributed by atoms with Gasteiger partial charge in [0.2, 0.25) is 5.91 Å². The van der Waals surface area contributed by atoms with E-state index in [1.54, 1.807) is 7.05 Å². The Kier molecular flexibility index (Phi) is 4.89. The first-order chi connectivity index (χ1) is 7.48. The van der Waals surface area contributed by atoms with E-state index in [1.165, 1.54) is 0 Å². The molecule has 1 saturated heterocycles. The van der Waals surface area contributed by atoms with Crippen molar-refractivity contribution in [2.45, 2.75) is 18.9 Å². The maximum Gasteiger partial charge on any atom is 0.237 e. The van der Waals surface area contributed by atoms with Gasteiger partial charge in [-0.25, -0.2) is 0 Å². The largest absolute Gasteiger partial charge is 0.368 e. The van der Waals surface area contributed by atoms with E-state index in [4.69, 9.17) is 5.73 Å². The van der Waals surface area contributed by atoms with Crippen LogP contribution >= 0.6 is 0 Å². The third kappa shape index (κ3) is 3.54. The lowest BCUT2D eigenvalue weighted by Crippen LogP contribution is -2.53. The summed E-state index contributed by atoms with van der Waals surface area (Å²) in [6, 6.07) is 0. The minimum Gasteiger partial charge on any atom is -0.368 e. The molecule has 1 heterocycles. The highest BCUT2D eigenvalue weighted by Crippen LogP contribution is 2.10. The first-order valence-electron chi connectivity index (χ1n) is 5.54. The van der Waals surface area contributed by atoms with E-state index in [2.05, 4.69) is 10.2 Å². The number of hydrogen-bond acceptors (Lipinski definition) is 4. The highest BCUT2D eigenvalue weighted by molar-refractivity contribution is 7.85. The third-order valence-corrected chi connectivity index (χ3v) is 4.57. The molecule has 0 aliphatic carbocycles.